The molecule has 0 aliphatic rings. The van der Waals surface area contributed by atoms with Gasteiger partial charge in [0.2, 0.25) is 0 Å². The van der Waals surface area contributed by atoms with Crippen molar-refractivity contribution in [2.75, 3.05) is 5.32 Å². The molecule has 1 amide bonds. The van der Waals surface area contributed by atoms with Crippen molar-refractivity contribution in [1.29, 1.82) is 0 Å². The minimum Gasteiger partial charge on any atom is -0.487 e. The first kappa shape index (κ1) is 14.3. The van der Waals surface area contributed by atoms with Gasteiger partial charge in [0, 0.05) is 12.1 Å². The molecular weight excluding hydrogens is 276 g/mol. The van der Waals surface area contributed by atoms with E-state index in [2.05, 4.69) is 5.32 Å². The molecule has 2 N–H and O–H groups in total. The molecule has 0 bridgehead atoms. The molecule has 0 fully saturated rings. The average molecular weight is 288 g/mol. The summed E-state index contributed by atoms with van der Waals surface area (Å²) in [7, 11) is 0. The summed E-state index contributed by atoms with van der Waals surface area (Å²) in [5.74, 6) is 0.229. The Bertz CT molecular complexity index is 658. The Hall–Kier alpha value is -3.09. The second-order valence-corrected chi connectivity index (χ2v) is 4.14. The molecule has 7 nitrogen and oxygen atoms in total. The maximum atomic E-state index is 10.7. The zero-order valence-corrected chi connectivity index (χ0v) is 10.9. The molecule has 0 radical (unpaired) electrons. The highest BCUT2D eigenvalue weighted by atomic mass is 16.6. The molecule has 2 rings (SSSR count). The summed E-state index contributed by atoms with van der Waals surface area (Å²) in [5.41, 5.74) is 0.718. The van der Waals surface area contributed by atoms with Crippen LogP contribution in [0.25, 0.3) is 0 Å². The number of hydrogen-bond donors (Lipinski definition) is 2. The Morgan fingerprint density at radius 2 is 1.95 bits per heavy atom. The Kier molecular flexibility index (Phi) is 4.35. The van der Waals surface area contributed by atoms with Gasteiger partial charge in [-0.25, -0.2) is 4.79 Å². The normalized spacial score (nSPS) is 9.90. The van der Waals surface area contributed by atoms with Gasteiger partial charge in [-0.1, -0.05) is 30.3 Å². The first-order chi connectivity index (χ1) is 10.1. The number of rotatable bonds is 5. The van der Waals surface area contributed by atoms with Gasteiger partial charge < -0.3 is 9.84 Å². The van der Waals surface area contributed by atoms with Crippen LogP contribution in [0.4, 0.5) is 16.2 Å². The standard InChI is InChI=1S/C14H12N2O5/c17-14(18)15-12-8-11(16(19)20)6-7-13(12)21-9-10-4-2-1-3-5-10/h1-8,15H,9H2,(H,17,18). The predicted molar refractivity (Wildman–Crippen MR) is 75.5 cm³/mol. The van der Waals surface area contributed by atoms with Crippen molar-refractivity contribution in [3.63, 3.8) is 0 Å². The number of nitrogens with one attached hydrogen (secondary N) is 1. The highest BCUT2D eigenvalue weighted by Gasteiger charge is 2.13. The van der Waals surface area contributed by atoms with Gasteiger partial charge >= 0.3 is 6.09 Å². The van der Waals surface area contributed by atoms with Gasteiger partial charge in [0.05, 0.1) is 10.6 Å². The minimum atomic E-state index is -1.32. The Morgan fingerprint density at radius 3 is 2.57 bits per heavy atom. The predicted octanol–water partition coefficient (Wildman–Crippen LogP) is 3.26. The molecule has 0 unspecified atom stereocenters. The lowest BCUT2D eigenvalue weighted by molar-refractivity contribution is -0.384. The van der Waals surface area contributed by atoms with Crippen molar-refractivity contribution in [2.24, 2.45) is 0 Å². The van der Waals surface area contributed by atoms with Crippen LogP contribution in [0.5, 0.6) is 5.75 Å². The van der Waals surface area contributed by atoms with Crippen molar-refractivity contribution in [1.82, 2.24) is 0 Å². The average Bonchev–Trinajstić information content (AvgIpc) is 2.46. The van der Waals surface area contributed by atoms with Gasteiger partial charge in [-0.15, -0.1) is 0 Å². The summed E-state index contributed by atoms with van der Waals surface area (Å²) in [4.78, 5) is 20.9. The Balaban J connectivity index is 2.21. The van der Waals surface area contributed by atoms with E-state index in [4.69, 9.17) is 9.84 Å². The third-order valence-electron chi connectivity index (χ3n) is 2.65. The lowest BCUT2D eigenvalue weighted by Crippen LogP contribution is -2.09. The number of hydrogen-bond acceptors (Lipinski definition) is 4. The van der Waals surface area contributed by atoms with Crippen LogP contribution in [0.1, 0.15) is 5.56 Å². The molecule has 0 aliphatic carbocycles. The fraction of sp³-hybridized carbons (Fsp3) is 0.0714. The molecule has 0 saturated carbocycles. The van der Waals surface area contributed by atoms with Gasteiger partial charge in [0.15, 0.2) is 0 Å². The maximum absolute atomic E-state index is 10.7. The second kappa shape index (κ2) is 6.38. The SMILES string of the molecule is O=C(O)Nc1cc([N+](=O)[O-])ccc1OCc1ccccc1. The van der Waals surface area contributed by atoms with Crippen LogP contribution >= 0.6 is 0 Å². The largest absolute Gasteiger partial charge is 0.487 e. The molecule has 2 aromatic carbocycles. The summed E-state index contributed by atoms with van der Waals surface area (Å²) < 4.78 is 5.51. The topological polar surface area (TPSA) is 102 Å². The van der Waals surface area contributed by atoms with Crippen LogP contribution in [0.15, 0.2) is 48.5 Å². The van der Waals surface area contributed by atoms with E-state index in [1.165, 1.54) is 12.1 Å². The molecule has 0 aliphatic heterocycles. The van der Waals surface area contributed by atoms with Crippen LogP contribution in [-0.4, -0.2) is 16.1 Å². The summed E-state index contributed by atoms with van der Waals surface area (Å²) in [6, 6.07) is 13.0. The number of ether oxygens (including phenoxy) is 1. The molecule has 0 spiro atoms. The van der Waals surface area contributed by atoms with Crippen molar-refractivity contribution in [2.45, 2.75) is 6.61 Å². The smallest absolute Gasteiger partial charge is 0.409 e. The number of anilines is 1. The summed E-state index contributed by atoms with van der Waals surface area (Å²) in [6.07, 6.45) is -1.32. The summed E-state index contributed by atoms with van der Waals surface area (Å²) in [5, 5.41) is 21.6. The highest BCUT2D eigenvalue weighted by molar-refractivity contribution is 5.85. The molecule has 21 heavy (non-hydrogen) atoms. The zero-order valence-electron chi connectivity index (χ0n) is 10.9. The third-order valence-corrected chi connectivity index (χ3v) is 2.65. The van der Waals surface area contributed by atoms with Crippen LogP contribution < -0.4 is 10.1 Å². The first-order valence-corrected chi connectivity index (χ1v) is 6.01. The van der Waals surface area contributed by atoms with E-state index >= 15 is 0 Å². The lowest BCUT2D eigenvalue weighted by Gasteiger charge is -2.11. The van der Waals surface area contributed by atoms with E-state index in [1.807, 2.05) is 30.3 Å². The van der Waals surface area contributed by atoms with E-state index in [1.54, 1.807) is 0 Å². The Labute approximate surface area is 119 Å². The lowest BCUT2D eigenvalue weighted by atomic mass is 10.2. The molecule has 7 heteroatoms. The molecule has 0 heterocycles. The maximum Gasteiger partial charge on any atom is 0.409 e. The number of amides is 1. The van der Waals surface area contributed by atoms with E-state index in [0.717, 1.165) is 11.6 Å². The number of benzene rings is 2. The molecule has 0 atom stereocenters. The molecule has 0 saturated heterocycles. The number of nitro groups is 1. The Morgan fingerprint density at radius 1 is 1.24 bits per heavy atom. The van der Waals surface area contributed by atoms with Crippen molar-refractivity contribution in [3.05, 3.63) is 64.2 Å². The first-order valence-electron chi connectivity index (χ1n) is 6.01. The molecule has 0 aromatic heterocycles. The van der Waals surface area contributed by atoms with Crippen molar-refractivity contribution >= 4 is 17.5 Å². The van der Waals surface area contributed by atoms with E-state index in [0.29, 0.717) is 0 Å². The van der Waals surface area contributed by atoms with Gasteiger partial charge in [0.1, 0.15) is 12.4 Å². The monoisotopic (exact) mass is 288 g/mol. The highest BCUT2D eigenvalue weighted by Crippen LogP contribution is 2.29. The number of carbonyl (C=O) groups is 1. The van der Waals surface area contributed by atoms with Gasteiger partial charge in [0.25, 0.3) is 5.69 Å². The van der Waals surface area contributed by atoms with Crippen LogP contribution in [0.2, 0.25) is 0 Å². The van der Waals surface area contributed by atoms with Crippen LogP contribution in [0.3, 0.4) is 0 Å². The summed E-state index contributed by atoms with van der Waals surface area (Å²) >= 11 is 0. The minimum absolute atomic E-state index is 0.0348. The second-order valence-electron chi connectivity index (χ2n) is 4.14. The third kappa shape index (κ3) is 3.93. The molecule has 2 aromatic rings. The van der Waals surface area contributed by atoms with E-state index in [-0.39, 0.29) is 23.7 Å². The summed E-state index contributed by atoms with van der Waals surface area (Å²) in [6.45, 7) is 0.229. The van der Waals surface area contributed by atoms with Crippen LogP contribution in [-0.2, 0) is 6.61 Å². The van der Waals surface area contributed by atoms with Gasteiger partial charge in [-0.3, -0.25) is 15.4 Å². The fourth-order valence-electron chi connectivity index (χ4n) is 1.71. The molecule has 108 valence electrons. The van der Waals surface area contributed by atoms with Gasteiger partial charge in [-0.05, 0) is 11.6 Å². The van der Waals surface area contributed by atoms with Gasteiger partial charge in [-0.2, -0.15) is 0 Å². The number of carboxylic acid groups (broad SMARTS) is 1. The number of nitro benzene ring substituents is 1. The van der Waals surface area contributed by atoms with E-state index < -0.39 is 11.0 Å². The van der Waals surface area contributed by atoms with E-state index in [9.17, 15) is 14.9 Å². The number of non-ortho nitro benzene ring substituents is 1. The quantitative estimate of drug-likeness (QED) is 0.649. The van der Waals surface area contributed by atoms with Crippen molar-refractivity contribution < 1.29 is 19.6 Å². The van der Waals surface area contributed by atoms with Crippen molar-refractivity contribution in [3.8, 4) is 5.75 Å². The van der Waals surface area contributed by atoms with Crippen LogP contribution in [0, 0.1) is 10.1 Å². The zero-order chi connectivity index (χ0) is 15.2. The molecular formula is C14H12N2O5. The number of nitrogens with zero attached hydrogens (tertiary/aromatic N) is 1. The fourth-order valence-corrected chi connectivity index (χ4v) is 1.71.